The first-order valence-corrected chi connectivity index (χ1v) is 7.68. The standard InChI is InChI=1S/C16H29N3/c1-6-12(17)15(16(3,4)5)19-11(2)18-13-9-7-8-10-14(13)19/h12,15H,6-10,17H2,1-5H3. The Labute approximate surface area is 117 Å². The van der Waals surface area contributed by atoms with Gasteiger partial charge in [-0.15, -0.1) is 0 Å². The molecule has 1 aromatic heterocycles. The van der Waals surface area contributed by atoms with Crippen LogP contribution in [-0.4, -0.2) is 15.6 Å². The Balaban J connectivity index is 2.50. The lowest BCUT2D eigenvalue weighted by Crippen LogP contribution is -2.41. The van der Waals surface area contributed by atoms with Gasteiger partial charge in [-0.2, -0.15) is 0 Å². The molecule has 2 atom stereocenters. The fourth-order valence-electron chi connectivity index (χ4n) is 3.51. The number of imidazole rings is 1. The Morgan fingerprint density at radius 1 is 1.26 bits per heavy atom. The molecule has 2 N–H and O–H groups in total. The van der Waals surface area contributed by atoms with Crippen LogP contribution in [0.3, 0.4) is 0 Å². The molecule has 0 radical (unpaired) electrons. The predicted octanol–water partition coefficient (Wildman–Crippen LogP) is 3.39. The number of nitrogens with two attached hydrogens (primary N) is 1. The molecule has 2 unspecified atom stereocenters. The molecule has 2 rings (SSSR count). The molecular formula is C16H29N3. The first kappa shape index (κ1) is 14.6. The van der Waals surface area contributed by atoms with Gasteiger partial charge in [0.2, 0.25) is 0 Å². The summed E-state index contributed by atoms with van der Waals surface area (Å²) in [5.74, 6) is 1.15. The first-order chi connectivity index (χ1) is 8.86. The number of aromatic nitrogens is 2. The van der Waals surface area contributed by atoms with E-state index < -0.39 is 0 Å². The average Bonchev–Trinajstić information content (AvgIpc) is 2.65. The smallest absolute Gasteiger partial charge is 0.106 e. The average molecular weight is 263 g/mol. The van der Waals surface area contributed by atoms with Gasteiger partial charge in [0.1, 0.15) is 5.82 Å². The number of aryl methyl sites for hydroxylation is 2. The van der Waals surface area contributed by atoms with Crippen LogP contribution in [0.15, 0.2) is 0 Å². The highest BCUT2D eigenvalue weighted by atomic mass is 15.1. The molecule has 3 heteroatoms. The SMILES string of the molecule is CCC(N)C(n1c(C)nc2c1CCCC2)C(C)(C)C. The molecule has 0 aromatic carbocycles. The molecule has 0 saturated heterocycles. The van der Waals surface area contributed by atoms with Crippen LogP contribution < -0.4 is 5.73 Å². The van der Waals surface area contributed by atoms with Crippen molar-refractivity contribution in [3.8, 4) is 0 Å². The zero-order valence-electron chi connectivity index (χ0n) is 13.2. The van der Waals surface area contributed by atoms with Gasteiger partial charge in [0, 0.05) is 11.7 Å². The van der Waals surface area contributed by atoms with E-state index in [0.29, 0.717) is 6.04 Å². The normalized spacial score (nSPS) is 19.1. The third-order valence-electron chi connectivity index (χ3n) is 4.39. The molecule has 0 aliphatic heterocycles. The Morgan fingerprint density at radius 2 is 1.89 bits per heavy atom. The molecule has 0 bridgehead atoms. The molecule has 1 aromatic rings. The van der Waals surface area contributed by atoms with Crippen molar-refractivity contribution in [2.45, 2.75) is 78.8 Å². The van der Waals surface area contributed by atoms with Gasteiger partial charge in [-0.25, -0.2) is 4.98 Å². The number of fused-ring (bicyclic) bond motifs is 1. The third-order valence-corrected chi connectivity index (χ3v) is 4.39. The van der Waals surface area contributed by atoms with Crippen molar-refractivity contribution in [1.29, 1.82) is 0 Å². The van der Waals surface area contributed by atoms with E-state index in [1.54, 1.807) is 0 Å². The first-order valence-electron chi connectivity index (χ1n) is 7.68. The highest BCUT2D eigenvalue weighted by Gasteiger charge is 2.34. The Bertz CT molecular complexity index is 440. The van der Waals surface area contributed by atoms with Crippen molar-refractivity contribution in [3.63, 3.8) is 0 Å². The van der Waals surface area contributed by atoms with Crippen LogP contribution in [0.25, 0.3) is 0 Å². The van der Waals surface area contributed by atoms with Gasteiger partial charge in [-0.1, -0.05) is 27.7 Å². The summed E-state index contributed by atoms with van der Waals surface area (Å²) in [6.45, 7) is 11.2. The molecule has 19 heavy (non-hydrogen) atoms. The summed E-state index contributed by atoms with van der Waals surface area (Å²) in [6.07, 6.45) is 5.88. The molecule has 108 valence electrons. The lowest BCUT2D eigenvalue weighted by atomic mass is 9.81. The van der Waals surface area contributed by atoms with E-state index in [4.69, 9.17) is 10.7 Å². The van der Waals surface area contributed by atoms with Crippen LogP contribution in [-0.2, 0) is 12.8 Å². The van der Waals surface area contributed by atoms with Crippen molar-refractivity contribution in [1.82, 2.24) is 9.55 Å². The fraction of sp³-hybridized carbons (Fsp3) is 0.812. The zero-order valence-corrected chi connectivity index (χ0v) is 13.2. The second-order valence-electron chi connectivity index (χ2n) is 7.01. The molecule has 0 saturated carbocycles. The lowest BCUT2D eigenvalue weighted by molar-refractivity contribution is 0.194. The molecule has 1 heterocycles. The quantitative estimate of drug-likeness (QED) is 0.908. The van der Waals surface area contributed by atoms with E-state index >= 15 is 0 Å². The van der Waals surface area contributed by atoms with Crippen molar-refractivity contribution >= 4 is 0 Å². The minimum atomic E-state index is 0.159. The van der Waals surface area contributed by atoms with Gasteiger partial charge < -0.3 is 10.3 Å². The second-order valence-corrected chi connectivity index (χ2v) is 7.01. The molecule has 3 nitrogen and oxygen atoms in total. The highest BCUT2D eigenvalue weighted by Crippen LogP contribution is 2.37. The third kappa shape index (κ3) is 2.71. The van der Waals surface area contributed by atoms with Gasteiger partial charge in [-0.3, -0.25) is 0 Å². The molecule has 1 aliphatic rings. The summed E-state index contributed by atoms with van der Waals surface area (Å²) in [5.41, 5.74) is 9.38. The fourth-order valence-corrected chi connectivity index (χ4v) is 3.51. The van der Waals surface area contributed by atoms with Crippen LogP contribution >= 0.6 is 0 Å². The molecule has 0 fully saturated rings. The Morgan fingerprint density at radius 3 is 2.47 bits per heavy atom. The monoisotopic (exact) mass is 263 g/mol. The van der Waals surface area contributed by atoms with Crippen LogP contribution in [0.4, 0.5) is 0 Å². The van der Waals surface area contributed by atoms with E-state index in [9.17, 15) is 0 Å². The van der Waals surface area contributed by atoms with Gasteiger partial charge in [0.05, 0.1) is 11.7 Å². The maximum Gasteiger partial charge on any atom is 0.106 e. The van der Waals surface area contributed by atoms with Crippen molar-refractivity contribution in [3.05, 3.63) is 17.2 Å². The molecular weight excluding hydrogens is 234 g/mol. The van der Waals surface area contributed by atoms with Crippen molar-refractivity contribution in [2.24, 2.45) is 11.1 Å². The maximum absolute atomic E-state index is 6.45. The largest absolute Gasteiger partial charge is 0.327 e. The van der Waals surface area contributed by atoms with Gasteiger partial charge in [0.25, 0.3) is 0 Å². The minimum Gasteiger partial charge on any atom is -0.327 e. The maximum atomic E-state index is 6.45. The van der Waals surface area contributed by atoms with Gasteiger partial charge in [0.15, 0.2) is 0 Å². The highest BCUT2D eigenvalue weighted by molar-refractivity contribution is 5.22. The van der Waals surface area contributed by atoms with Crippen LogP contribution in [0.2, 0.25) is 0 Å². The molecule has 0 spiro atoms. The second kappa shape index (κ2) is 5.28. The molecule has 0 amide bonds. The van der Waals surface area contributed by atoms with Crippen LogP contribution in [0.1, 0.15) is 70.2 Å². The minimum absolute atomic E-state index is 0.159. The van der Waals surface area contributed by atoms with E-state index in [0.717, 1.165) is 18.7 Å². The van der Waals surface area contributed by atoms with E-state index in [1.807, 2.05) is 0 Å². The number of hydrogen-bond acceptors (Lipinski definition) is 2. The van der Waals surface area contributed by atoms with E-state index in [-0.39, 0.29) is 11.5 Å². The summed E-state index contributed by atoms with van der Waals surface area (Å²) in [6, 6.07) is 0.533. The van der Waals surface area contributed by atoms with Crippen molar-refractivity contribution in [2.75, 3.05) is 0 Å². The summed E-state index contributed by atoms with van der Waals surface area (Å²) in [5, 5.41) is 0. The number of rotatable bonds is 3. The summed E-state index contributed by atoms with van der Waals surface area (Å²) in [4.78, 5) is 4.81. The van der Waals surface area contributed by atoms with E-state index in [1.165, 1.54) is 30.7 Å². The topological polar surface area (TPSA) is 43.8 Å². The Kier molecular flexibility index (Phi) is 4.05. The predicted molar refractivity (Wildman–Crippen MR) is 80.4 cm³/mol. The van der Waals surface area contributed by atoms with E-state index in [2.05, 4.69) is 39.2 Å². The van der Waals surface area contributed by atoms with Crippen LogP contribution in [0, 0.1) is 12.3 Å². The lowest BCUT2D eigenvalue weighted by Gasteiger charge is -2.38. The number of hydrogen-bond donors (Lipinski definition) is 1. The summed E-state index contributed by atoms with van der Waals surface area (Å²) < 4.78 is 2.46. The van der Waals surface area contributed by atoms with Crippen LogP contribution in [0.5, 0.6) is 0 Å². The summed E-state index contributed by atoms with van der Waals surface area (Å²) >= 11 is 0. The van der Waals surface area contributed by atoms with Gasteiger partial charge in [-0.05, 0) is 44.4 Å². The Hall–Kier alpha value is -0.830. The summed E-state index contributed by atoms with van der Waals surface area (Å²) in [7, 11) is 0. The van der Waals surface area contributed by atoms with Gasteiger partial charge >= 0.3 is 0 Å². The van der Waals surface area contributed by atoms with Crippen molar-refractivity contribution < 1.29 is 0 Å². The number of nitrogens with zero attached hydrogens (tertiary/aromatic N) is 2. The zero-order chi connectivity index (χ0) is 14.2. The molecule has 1 aliphatic carbocycles.